The highest BCUT2D eigenvalue weighted by atomic mass is 16.5. The van der Waals surface area contributed by atoms with Crippen LogP contribution in [0.4, 0.5) is 0 Å². The van der Waals surface area contributed by atoms with Crippen molar-refractivity contribution in [2.45, 2.75) is 32.3 Å². The Hall–Kier alpha value is -3.28. The Morgan fingerprint density at radius 3 is 2.93 bits per heavy atom. The summed E-state index contributed by atoms with van der Waals surface area (Å²) in [5.74, 6) is 0.108. The maximum atomic E-state index is 12.6. The number of cyclic esters (lactones) is 1. The van der Waals surface area contributed by atoms with Gasteiger partial charge in [0.1, 0.15) is 5.75 Å². The predicted molar refractivity (Wildman–Crippen MR) is 110 cm³/mol. The SMILES string of the molecule is CCc1ccc2c(c1)CC(C(=O)NCCc1c[nH]c3cc(OC)ccc13)OC2=O. The molecule has 0 bridgehead atoms. The molecule has 1 aromatic heterocycles. The summed E-state index contributed by atoms with van der Waals surface area (Å²) < 4.78 is 10.6. The van der Waals surface area contributed by atoms with Crippen LogP contribution in [0.15, 0.2) is 42.6 Å². The number of nitrogens with one attached hydrogen (secondary N) is 2. The Balaban J connectivity index is 1.38. The number of benzene rings is 2. The highest BCUT2D eigenvalue weighted by molar-refractivity contribution is 5.96. The van der Waals surface area contributed by atoms with E-state index in [2.05, 4.69) is 17.2 Å². The zero-order valence-electron chi connectivity index (χ0n) is 16.6. The molecule has 29 heavy (non-hydrogen) atoms. The number of rotatable bonds is 6. The van der Waals surface area contributed by atoms with E-state index in [9.17, 15) is 9.59 Å². The Kier molecular flexibility index (Phi) is 5.25. The molecule has 150 valence electrons. The van der Waals surface area contributed by atoms with Crippen molar-refractivity contribution in [3.8, 4) is 5.75 Å². The van der Waals surface area contributed by atoms with Crippen molar-refractivity contribution in [3.63, 3.8) is 0 Å². The van der Waals surface area contributed by atoms with Gasteiger partial charge in [0, 0.05) is 36.1 Å². The van der Waals surface area contributed by atoms with Crippen LogP contribution in [0.3, 0.4) is 0 Å². The first-order valence-corrected chi connectivity index (χ1v) is 9.83. The molecule has 0 radical (unpaired) electrons. The molecule has 6 heteroatoms. The number of aryl methyl sites for hydroxylation is 1. The van der Waals surface area contributed by atoms with Crippen molar-refractivity contribution < 1.29 is 19.1 Å². The summed E-state index contributed by atoms with van der Waals surface area (Å²) in [6.07, 6.45) is 3.13. The summed E-state index contributed by atoms with van der Waals surface area (Å²) in [5, 5.41) is 4.01. The van der Waals surface area contributed by atoms with E-state index in [4.69, 9.17) is 9.47 Å². The fraction of sp³-hybridized carbons (Fsp3) is 0.304. The molecule has 1 aliphatic heterocycles. The third-order valence-electron chi connectivity index (χ3n) is 5.41. The molecular weight excluding hydrogens is 368 g/mol. The first-order chi connectivity index (χ1) is 14.1. The minimum atomic E-state index is -0.783. The van der Waals surface area contributed by atoms with Crippen LogP contribution in [0.2, 0.25) is 0 Å². The van der Waals surface area contributed by atoms with E-state index in [0.717, 1.165) is 39.8 Å². The van der Waals surface area contributed by atoms with Gasteiger partial charge in [-0.2, -0.15) is 0 Å². The molecule has 2 heterocycles. The summed E-state index contributed by atoms with van der Waals surface area (Å²) in [5.41, 5.74) is 4.69. The second kappa shape index (κ2) is 7.99. The number of carbonyl (C=O) groups excluding carboxylic acids is 2. The number of amides is 1. The van der Waals surface area contributed by atoms with Crippen LogP contribution < -0.4 is 10.1 Å². The Morgan fingerprint density at radius 1 is 1.28 bits per heavy atom. The molecular formula is C23H24N2O4. The number of aromatic amines is 1. The van der Waals surface area contributed by atoms with Crippen LogP contribution in [0.5, 0.6) is 5.75 Å². The lowest BCUT2D eigenvalue weighted by Gasteiger charge is -2.24. The molecule has 0 aliphatic carbocycles. The normalized spacial score (nSPS) is 15.7. The number of methoxy groups -OCH3 is 1. The van der Waals surface area contributed by atoms with Gasteiger partial charge in [0.25, 0.3) is 5.91 Å². The quantitative estimate of drug-likeness (QED) is 0.632. The van der Waals surface area contributed by atoms with Gasteiger partial charge in [-0.25, -0.2) is 4.79 Å². The van der Waals surface area contributed by atoms with Gasteiger partial charge in [-0.3, -0.25) is 4.79 Å². The van der Waals surface area contributed by atoms with E-state index < -0.39 is 12.1 Å². The van der Waals surface area contributed by atoms with Crippen LogP contribution in [-0.4, -0.2) is 36.6 Å². The lowest BCUT2D eigenvalue weighted by atomic mass is 9.95. The number of fused-ring (bicyclic) bond motifs is 2. The van der Waals surface area contributed by atoms with Gasteiger partial charge in [-0.05, 0) is 47.7 Å². The Morgan fingerprint density at radius 2 is 2.14 bits per heavy atom. The number of aromatic nitrogens is 1. The van der Waals surface area contributed by atoms with E-state index in [0.29, 0.717) is 24.9 Å². The lowest BCUT2D eigenvalue weighted by Crippen LogP contribution is -2.42. The van der Waals surface area contributed by atoms with Gasteiger partial charge in [-0.15, -0.1) is 0 Å². The molecule has 2 N–H and O–H groups in total. The smallest absolute Gasteiger partial charge is 0.339 e. The summed E-state index contributed by atoms with van der Waals surface area (Å²) in [7, 11) is 1.64. The van der Waals surface area contributed by atoms with E-state index in [1.54, 1.807) is 13.2 Å². The third-order valence-corrected chi connectivity index (χ3v) is 5.41. The Bertz CT molecular complexity index is 1070. The van der Waals surface area contributed by atoms with Gasteiger partial charge in [0.2, 0.25) is 0 Å². The lowest BCUT2D eigenvalue weighted by molar-refractivity contribution is -0.130. The predicted octanol–water partition coefficient (Wildman–Crippen LogP) is 3.18. The van der Waals surface area contributed by atoms with Gasteiger partial charge >= 0.3 is 5.97 Å². The largest absolute Gasteiger partial charge is 0.497 e. The van der Waals surface area contributed by atoms with Gasteiger partial charge < -0.3 is 19.8 Å². The number of hydrogen-bond donors (Lipinski definition) is 2. The fourth-order valence-corrected chi connectivity index (χ4v) is 3.75. The summed E-state index contributed by atoms with van der Waals surface area (Å²) in [4.78, 5) is 28.0. The first-order valence-electron chi connectivity index (χ1n) is 9.83. The number of ether oxygens (including phenoxy) is 2. The maximum absolute atomic E-state index is 12.6. The van der Waals surface area contributed by atoms with E-state index in [1.165, 1.54) is 0 Å². The minimum absolute atomic E-state index is 0.257. The molecule has 0 spiro atoms. The number of esters is 1. The molecule has 2 aromatic carbocycles. The topological polar surface area (TPSA) is 80.4 Å². The Labute approximate surface area is 169 Å². The fourth-order valence-electron chi connectivity index (χ4n) is 3.75. The second-order valence-electron chi connectivity index (χ2n) is 7.21. The summed E-state index contributed by atoms with van der Waals surface area (Å²) in [6, 6.07) is 11.6. The zero-order valence-corrected chi connectivity index (χ0v) is 16.6. The molecule has 1 amide bonds. The number of hydrogen-bond acceptors (Lipinski definition) is 4. The van der Waals surface area contributed by atoms with Gasteiger partial charge in [0.05, 0.1) is 12.7 Å². The molecule has 1 atom stereocenters. The van der Waals surface area contributed by atoms with Gasteiger partial charge in [0.15, 0.2) is 6.10 Å². The highest BCUT2D eigenvalue weighted by Gasteiger charge is 2.31. The van der Waals surface area contributed by atoms with Crippen molar-refractivity contribution in [1.82, 2.24) is 10.3 Å². The van der Waals surface area contributed by atoms with Crippen molar-refractivity contribution >= 4 is 22.8 Å². The average molecular weight is 392 g/mol. The van der Waals surface area contributed by atoms with Gasteiger partial charge in [-0.1, -0.05) is 19.1 Å². The van der Waals surface area contributed by atoms with Crippen molar-refractivity contribution in [2.75, 3.05) is 13.7 Å². The molecule has 1 unspecified atom stereocenters. The number of H-pyrrole nitrogens is 1. The van der Waals surface area contributed by atoms with Crippen LogP contribution in [0.25, 0.3) is 10.9 Å². The number of carbonyl (C=O) groups is 2. The maximum Gasteiger partial charge on any atom is 0.339 e. The van der Waals surface area contributed by atoms with Crippen molar-refractivity contribution in [2.24, 2.45) is 0 Å². The second-order valence-corrected chi connectivity index (χ2v) is 7.21. The molecule has 6 nitrogen and oxygen atoms in total. The van der Waals surface area contributed by atoms with Crippen molar-refractivity contribution in [1.29, 1.82) is 0 Å². The molecule has 1 aliphatic rings. The summed E-state index contributed by atoms with van der Waals surface area (Å²) >= 11 is 0. The van der Waals surface area contributed by atoms with Crippen LogP contribution in [-0.2, 0) is 28.8 Å². The molecule has 0 saturated heterocycles. The molecule has 4 rings (SSSR count). The van der Waals surface area contributed by atoms with E-state index in [-0.39, 0.29) is 5.91 Å². The summed E-state index contributed by atoms with van der Waals surface area (Å²) in [6.45, 7) is 2.53. The average Bonchev–Trinajstić information content (AvgIpc) is 3.15. The molecule has 0 fully saturated rings. The first kappa shape index (κ1) is 19.1. The minimum Gasteiger partial charge on any atom is -0.497 e. The molecule has 0 saturated carbocycles. The standard InChI is InChI=1S/C23H24N2O4/c1-3-14-4-6-19-16(10-14)11-21(29-23(19)27)22(26)24-9-8-15-13-25-20-12-17(28-2)5-7-18(15)20/h4-7,10,12-13,21,25H,3,8-9,11H2,1-2H3,(H,24,26). The van der Waals surface area contributed by atoms with Crippen LogP contribution in [0, 0.1) is 0 Å². The van der Waals surface area contributed by atoms with Crippen LogP contribution >= 0.6 is 0 Å². The van der Waals surface area contributed by atoms with Crippen molar-refractivity contribution in [3.05, 3.63) is 64.8 Å². The van der Waals surface area contributed by atoms with E-state index in [1.807, 2.05) is 36.5 Å². The third kappa shape index (κ3) is 3.83. The zero-order chi connectivity index (χ0) is 20.4. The highest BCUT2D eigenvalue weighted by Crippen LogP contribution is 2.24. The van der Waals surface area contributed by atoms with Crippen LogP contribution in [0.1, 0.15) is 34.0 Å². The molecule has 3 aromatic rings. The van der Waals surface area contributed by atoms with E-state index >= 15 is 0 Å². The monoisotopic (exact) mass is 392 g/mol.